The molecule has 90 valence electrons. The molecule has 0 spiro atoms. The zero-order valence-electron chi connectivity index (χ0n) is 10.7. The smallest absolute Gasteiger partial charge is 0.0518 e. The largest absolute Gasteiger partial charge is 0.342 e. The highest BCUT2D eigenvalue weighted by Crippen LogP contribution is 2.30. The number of nitrogens with zero attached hydrogens (tertiary/aromatic N) is 1. The number of fused-ring (bicyclic) bond motifs is 3. The minimum Gasteiger partial charge on any atom is -0.342 e. The highest BCUT2D eigenvalue weighted by atomic mass is 15.1. The molecule has 2 nitrogen and oxygen atoms in total. The number of benzene rings is 1. The molecule has 2 heteroatoms. The van der Waals surface area contributed by atoms with Crippen LogP contribution in [-0.2, 0) is 25.9 Å². The van der Waals surface area contributed by atoms with Crippen LogP contribution in [0, 0.1) is 0 Å². The molecule has 0 saturated carbocycles. The third-order valence-electron chi connectivity index (χ3n) is 3.93. The molecule has 0 radical (unpaired) electrons. The van der Waals surface area contributed by atoms with Crippen molar-refractivity contribution >= 4 is 10.9 Å². The minimum absolute atomic E-state index is 1.03. The minimum atomic E-state index is 1.03. The molecular weight excluding hydrogens is 208 g/mol. The molecule has 0 amide bonds. The lowest BCUT2D eigenvalue weighted by Gasteiger charge is -2.19. The van der Waals surface area contributed by atoms with E-state index in [4.69, 9.17) is 0 Å². The van der Waals surface area contributed by atoms with Gasteiger partial charge in [-0.2, -0.15) is 0 Å². The van der Waals surface area contributed by atoms with Crippen LogP contribution in [0.15, 0.2) is 18.2 Å². The average Bonchev–Trinajstić information content (AvgIpc) is 2.72. The Morgan fingerprint density at radius 1 is 1.24 bits per heavy atom. The standard InChI is InChI=1S/C15H20N2/c1-3-11-6-5-7-13-12(4-2)14-10-16-8-9-17(14)15(11)13/h5-7,16H,3-4,8-10H2,1-2H3. The molecule has 17 heavy (non-hydrogen) atoms. The van der Waals surface area contributed by atoms with Crippen LogP contribution in [0.5, 0.6) is 0 Å². The maximum Gasteiger partial charge on any atom is 0.0518 e. The fourth-order valence-corrected chi connectivity index (χ4v) is 3.13. The van der Waals surface area contributed by atoms with Gasteiger partial charge in [-0.3, -0.25) is 0 Å². The SMILES string of the molecule is CCc1c2n(c3c(CC)cccc13)CCNC2. The number of rotatable bonds is 2. The van der Waals surface area contributed by atoms with Crippen LogP contribution in [0.4, 0.5) is 0 Å². The molecule has 1 N–H and O–H groups in total. The monoisotopic (exact) mass is 228 g/mol. The van der Waals surface area contributed by atoms with Crippen molar-refractivity contribution in [3.05, 3.63) is 35.0 Å². The lowest BCUT2D eigenvalue weighted by atomic mass is 10.0. The lowest BCUT2D eigenvalue weighted by Crippen LogP contribution is -2.28. The summed E-state index contributed by atoms with van der Waals surface area (Å²) in [6.45, 7) is 7.76. The lowest BCUT2D eigenvalue weighted by molar-refractivity contribution is 0.522. The maximum atomic E-state index is 3.49. The zero-order valence-corrected chi connectivity index (χ0v) is 10.7. The van der Waals surface area contributed by atoms with E-state index in [9.17, 15) is 0 Å². The van der Waals surface area contributed by atoms with Crippen molar-refractivity contribution in [1.82, 2.24) is 9.88 Å². The highest BCUT2D eigenvalue weighted by Gasteiger charge is 2.19. The van der Waals surface area contributed by atoms with Gasteiger partial charge >= 0.3 is 0 Å². The van der Waals surface area contributed by atoms with Gasteiger partial charge < -0.3 is 9.88 Å². The molecule has 1 aromatic heterocycles. The van der Waals surface area contributed by atoms with Gasteiger partial charge in [0.05, 0.1) is 5.52 Å². The number of nitrogens with one attached hydrogen (secondary N) is 1. The van der Waals surface area contributed by atoms with E-state index in [2.05, 4.69) is 41.9 Å². The number of aryl methyl sites for hydroxylation is 2. The first-order valence-corrected chi connectivity index (χ1v) is 6.69. The summed E-state index contributed by atoms with van der Waals surface area (Å²) in [5.74, 6) is 0. The Balaban J connectivity index is 2.39. The van der Waals surface area contributed by atoms with Gasteiger partial charge in [-0.1, -0.05) is 32.0 Å². The fourth-order valence-electron chi connectivity index (χ4n) is 3.13. The summed E-state index contributed by atoms with van der Waals surface area (Å²) in [4.78, 5) is 0. The molecular formula is C15H20N2. The van der Waals surface area contributed by atoms with E-state index in [1.54, 1.807) is 5.56 Å². The van der Waals surface area contributed by atoms with Gasteiger partial charge in [-0.25, -0.2) is 0 Å². The molecule has 0 fully saturated rings. The predicted octanol–water partition coefficient (Wildman–Crippen LogP) is 2.87. The second-order valence-corrected chi connectivity index (χ2v) is 4.77. The quantitative estimate of drug-likeness (QED) is 0.836. The summed E-state index contributed by atoms with van der Waals surface area (Å²) in [6.07, 6.45) is 2.26. The average molecular weight is 228 g/mol. The summed E-state index contributed by atoms with van der Waals surface area (Å²) < 4.78 is 2.55. The topological polar surface area (TPSA) is 17.0 Å². The predicted molar refractivity (Wildman–Crippen MR) is 72.4 cm³/mol. The third kappa shape index (κ3) is 1.51. The second-order valence-electron chi connectivity index (χ2n) is 4.77. The van der Waals surface area contributed by atoms with Gasteiger partial charge in [0.15, 0.2) is 0 Å². The van der Waals surface area contributed by atoms with Gasteiger partial charge in [0.25, 0.3) is 0 Å². The van der Waals surface area contributed by atoms with Crippen molar-refractivity contribution in [3.63, 3.8) is 0 Å². The molecule has 2 heterocycles. The Hall–Kier alpha value is -1.28. The van der Waals surface area contributed by atoms with Gasteiger partial charge in [0.2, 0.25) is 0 Å². The highest BCUT2D eigenvalue weighted by molar-refractivity contribution is 5.88. The van der Waals surface area contributed by atoms with E-state index in [1.165, 1.54) is 22.2 Å². The summed E-state index contributed by atoms with van der Waals surface area (Å²) >= 11 is 0. The van der Waals surface area contributed by atoms with Crippen LogP contribution in [0.2, 0.25) is 0 Å². The fraction of sp³-hybridized carbons (Fsp3) is 0.467. The molecule has 0 saturated heterocycles. The van der Waals surface area contributed by atoms with Crippen LogP contribution >= 0.6 is 0 Å². The van der Waals surface area contributed by atoms with E-state index < -0.39 is 0 Å². The van der Waals surface area contributed by atoms with Gasteiger partial charge in [0, 0.05) is 30.7 Å². The van der Waals surface area contributed by atoms with Crippen molar-refractivity contribution in [2.24, 2.45) is 0 Å². The number of aromatic nitrogens is 1. The van der Waals surface area contributed by atoms with Crippen molar-refractivity contribution < 1.29 is 0 Å². The van der Waals surface area contributed by atoms with Crippen molar-refractivity contribution in [3.8, 4) is 0 Å². The first-order valence-electron chi connectivity index (χ1n) is 6.69. The Bertz CT molecular complexity index is 552. The van der Waals surface area contributed by atoms with E-state index in [0.717, 1.165) is 32.5 Å². The molecule has 0 unspecified atom stereocenters. The van der Waals surface area contributed by atoms with Crippen molar-refractivity contribution in [2.45, 2.75) is 39.8 Å². The Kier molecular flexibility index (Phi) is 2.67. The van der Waals surface area contributed by atoms with Gasteiger partial charge in [0.1, 0.15) is 0 Å². The van der Waals surface area contributed by atoms with Crippen LogP contribution in [0.1, 0.15) is 30.7 Å². The van der Waals surface area contributed by atoms with Gasteiger partial charge in [-0.05, 0) is 24.0 Å². The van der Waals surface area contributed by atoms with E-state index in [-0.39, 0.29) is 0 Å². The first-order chi connectivity index (χ1) is 8.36. The summed E-state index contributed by atoms with van der Waals surface area (Å²) in [5.41, 5.74) is 6.03. The molecule has 2 aromatic rings. The first kappa shape index (κ1) is 10.8. The normalized spacial score (nSPS) is 15.2. The van der Waals surface area contributed by atoms with Gasteiger partial charge in [-0.15, -0.1) is 0 Å². The third-order valence-corrected chi connectivity index (χ3v) is 3.93. The molecule has 1 aliphatic rings. The van der Waals surface area contributed by atoms with Crippen LogP contribution < -0.4 is 5.32 Å². The molecule has 3 rings (SSSR count). The van der Waals surface area contributed by atoms with Crippen LogP contribution in [0.3, 0.4) is 0 Å². The Morgan fingerprint density at radius 2 is 2.12 bits per heavy atom. The number of hydrogen-bond acceptors (Lipinski definition) is 1. The summed E-state index contributed by atoms with van der Waals surface area (Å²) in [7, 11) is 0. The maximum absolute atomic E-state index is 3.49. The zero-order chi connectivity index (χ0) is 11.8. The molecule has 1 aromatic carbocycles. The Labute approximate surface area is 103 Å². The van der Waals surface area contributed by atoms with E-state index in [1.807, 2.05) is 0 Å². The van der Waals surface area contributed by atoms with Crippen molar-refractivity contribution in [1.29, 1.82) is 0 Å². The summed E-state index contributed by atoms with van der Waals surface area (Å²) in [5, 5.41) is 4.97. The molecule has 0 atom stereocenters. The molecule has 0 bridgehead atoms. The van der Waals surface area contributed by atoms with Crippen molar-refractivity contribution in [2.75, 3.05) is 6.54 Å². The van der Waals surface area contributed by atoms with E-state index >= 15 is 0 Å². The summed E-state index contributed by atoms with van der Waals surface area (Å²) in [6, 6.07) is 6.77. The molecule has 1 aliphatic heterocycles. The van der Waals surface area contributed by atoms with E-state index in [0.29, 0.717) is 0 Å². The number of hydrogen-bond donors (Lipinski definition) is 1. The Morgan fingerprint density at radius 3 is 2.88 bits per heavy atom. The molecule has 0 aliphatic carbocycles. The van der Waals surface area contributed by atoms with Crippen LogP contribution in [-0.4, -0.2) is 11.1 Å². The van der Waals surface area contributed by atoms with Crippen LogP contribution in [0.25, 0.3) is 10.9 Å². The second kappa shape index (κ2) is 4.19. The number of para-hydroxylation sites is 1.